The van der Waals surface area contributed by atoms with Gasteiger partial charge in [-0.2, -0.15) is 0 Å². The van der Waals surface area contributed by atoms with E-state index in [2.05, 4.69) is 20.8 Å². The van der Waals surface area contributed by atoms with Crippen molar-refractivity contribution in [1.29, 1.82) is 0 Å². The lowest BCUT2D eigenvalue weighted by Crippen LogP contribution is -2.12. The van der Waals surface area contributed by atoms with E-state index in [4.69, 9.17) is 16.3 Å². The van der Waals surface area contributed by atoms with E-state index in [9.17, 15) is 5.11 Å². The summed E-state index contributed by atoms with van der Waals surface area (Å²) in [5.41, 5.74) is 0.817. The number of halogens is 1. The largest absolute Gasteiger partial charge is 0.496 e. The molecule has 0 aliphatic carbocycles. The van der Waals surface area contributed by atoms with E-state index < -0.39 is 6.10 Å². The standard InChI is InChI=1S/C13H19ClO2/c1-13(2,3)8-11(15)10-7-9(14)5-6-12(10)16-4/h5-7,11,15H,8H2,1-4H3. The molecule has 1 unspecified atom stereocenters. The second-order valence-corrected chi connectivity index (χ2v) is 5.60. The molecule has 1 aromatic rings. The number of methoxy groups -OCH3 is 1. The molecule has 16 heavy (non-hydrogen) atoms. The topological polar surface area (TPSA) is 29.5 Å². The summed E-state index contributed by atoms with van der Waals surface area (Å²) in [6, 6.07) is 5.30. The molecule has 0 aliphatic heterocycles. The van der Waals surface area contributed by atoms with E-state index in [0.717, 1.165) is 5.56 Å². The van der Waals surface area contributed by atoms with Crippen LogP contribution in [0.5, 0.6) is 5.75 Å². The Morgan fingerprint density at radius 2 is 2.00 bits per heavy atom. The zero-order valence-corrected chi connectivity index (χ0v) is 11.0. The molecule has 1 N–H and O–H groups in total. The second-order valence-electron chi connectivity index (χ2n) is 5.17. The minimum atomic E-state index is -0.548. The van der Waals surface area contributed by atoms with Gasteiger partial charge in [0.15, 0.2) is 0 Å². The van der Waals surface area contributed by atoms with Gasteiger partial charge in [0, 0.05) is 10.6 Å². The maximum absolute atomic E-state index is 10.2. The molecule has 1 atom stereocenters. The normalized spacial score (nSPS) is 13.6. The van der Waals surface area contributed by atoms with Crippen molar-refractivity contribution in [3.8, 4) is 5.75 Å². The van der Waals surface area contributed by atoms with Crippen LogP contribution in [0.3, 0.4) is 0 Å². The van der Waals surface area contributed by atoms with Gasteiger partial charge in [-0.25, -0.2) is 0 Å². The van der Waals surface area contributed by atoms with Crippen molar-refractivity contribution in [1.82, 2.24) is 0 Å². The van der Waals surface area contributed by atoms with Crippen LogP contribution < -0.4 is 4.74 Å². The van der Waals surface area contributed by atoms with Crippen LogP contribution in [-0.2, 0) is 0 Å². The number of hydrogen-bond acceptors (Lipinski definition) is 2. The molecular weight excluding hydrogens is 224 g/mol. The number of benzene rings is 1. The van der Waals surface area contributed by atoms with Crippen LogP contribution in [0.15, 0.2) is 18.2 Å². The first kappa shape index (κ1) is 13.3. The first-order valence-corrected chi connectivity index (χ1v) is 5.73. The Kier molecular flexibility index (Phi) is 4.22. The third kappa shape index (κ3) is 3.69. The van der Waals surface area contributed by atoms with Crippen molar-refractivity contribution in [2.75, 3.05) is 7.11 Å². The van der Waals surface area contributed by atoms with Crippen LogP contribution in [0.2, 0.25) is 5.02 Å². The molecule has 1 rings (SSSR count). The van der Waals surface area contributed by atoms with Crippen molar-refractivity contribution in [3.63, 3.8) is 0 Å². The summed E-state index contributed by atoms with van der Waals surface area (Å²) >= 11 is 5.92. The number of hydrogen-bond donors (Lipinski definition) is 1. The van der Waals surface area contributed by atoms with Crippen molar-refractivity contribution >= 4 is 11.6 Å². The highest BCUT2D eigenvalue weighted by Crippen LogP contribution is 2.35. The molecule has 0 aromatic heterocycles. The fraction of sp³-hybridized carbons (Fsp3) is 0.538. The van der Waals surface area contributed by atoms with Crippen LogP contribution in [0, 0.1) is 5.41 Å². The molecule has 0 heterocycles. The zero-order chi connectivity index (χ0) is 12.3. The van der Waals surface area contributed by atoms with Crippen LogP contribution >= 0.6 is 11.6 Å². The maximum Gasteiger partial charge on any atom is 0.124 e. The predicted molar refractivity (Wildman–Crippen MR) is 67.0 cm³/mol. The monoisotopic (exact) mass is 242 g/mol. The molecule has 90 valence electrons. The smallest absolute Gasteiger partial charge is 0.124 e. The van der Waals surface area contributed by atoms with Crippen LogP contribution in [0.1, 0.15) is 38.9 Å². The Balaban J connectivity index is 2.97. The van der Waals surface area contributed by atoms with E-state index in [-0.39, 0.29) is 5.41 Å². The average Bonchev–Trinajstić information content (AvgIpc) is 2.15. The highest BCUT2D eigenvalue weighted by Gasteiger charge is 2.21. The van der Waals surface area contributed by atoms with Gasteiger partial charge in [0.25, 0.3) is 0 Å². The van der Waals surface area contributed by atoms with E-state index in [0.29, 0.717) is 17.2 Å². The van der Waals surface area contributed by atoms with Gasteiger partial charge in [0.1, 0.15) is 5.75 Å². The fourth-order valence-corrected chi connectivity index (χ4v) is 1.84. The van der Waals surface area contributed by atoms with Crippen LogP contribution in [0.25, 0.3) is 0 Å². The maximum atomic E-state index is 10.2. The molecule has 0 saturated heterocycles. The van der Waals surface area contributed by atoms with E-state index >= 15 is 0 Å². The van der Waals surface area contributed by atoms with Gasteiger partial charge in [-0.1, -0.05) is 32.4 Å². The first-order valence-electron chi connectivity index (χ1n) is 5.35. The number of ether oxygens (including phenoxy) is 1. The number of aliphatic hydroxyl groups is 1. The Morgan fingerprint density at radius 1 is 1.38 bits per heavy atom. The quantitative estimate of drug-likeness (QED) is 0.873. The van der Waals surface area contributed by atoms with Crippen LogP contribution in [-0.4, -0.2) is 12.2 Å². The molecule has 0 fully saturated rings. The molecule has 0 bridgehead atoms. The van der Waals surface area contributed by atoms with E-state index in [1.54, 1.807) is 25.3 Å². The predicted octanol–water partition coefficient (Wildman–Crippen LogP) is 3.82. The molecule has 0 radical (unpaired) electrons. The minimum absolute atomic E-state index is 0.0622. The summed E-state index contributed by atoms with van der Waals surface area (Å²) in [5, 5.41) is 10.8. The third-order valence-corrected chi connectivity index (χ3v) is 2.59. The zero-order valence-electron chi connectivity index (χ0n) is 10.2. The molecule has 0 amide bonds. The molecule has 3 heteroatoms. The number of aliphatic hydroxyl groups excluding tert-OH is 1. The van der Waals surface area contributed by atoms with Gasteiger partial charge >= 0.3 is 0 Å². The lowest BCUT2D eigenvalue weighted by molar-refractivity contribution is 0.119. The molecule has 0 saturated carbocycles. The van der Waals surface area contributed by atoms with Gasteiger partial charge in [0.2, 0.25) is 0 Å². The lowest BCUT2D eigenvalue weighted by atomic mass is 9.86. The third-order valence-electron chi connectivity index (χ3n) is 2.36. The Labute approximate surface area is 102 Å². The Hall–Kier alpha value is -0.730. The molecule has 0 aliphatic rings. The Morgan fingerprint density at radius 3 is 2.50 bits per heavy atom. The molecule has 1 aromatic carbocycles. The summed E-state index contributed by atoms with van der Waals surface area (Å²) in [6.07, 6.45) is 0.123. The second kappa shape index (κ2) is 5.07. The first-order chi connectivity index (χ1) is 7.33. The highest BCUT2D eigenvalue weighted by atomic mass is 35.5. The van der Waals surface area contributed by atoms with Crippen LogP contribution in [0.4, 0.5) is 0 Å². The van der Waals surface area contributed by atoms with E-state index in [1.807, 2.05) is 0 Å². The Bertz CT molecular complexity index is 355. The van der Waals surface area contributed by atoms with Gasteiger partial charge < -0.3 is 9.84 Å². The van der Waals surface area contributed by atoms with E-state index in [1.165, 1.54) is 0 Å². The number of rotatable bonds is 3. The van der Waals surface area contributed by atoms with Gasteiger partial charge in [-0.3, -0.25) is 0 Å². The lowest BCUT2D eigenvalue weighted by Gasteiger charge is -2.23. The van der Waals surface area contributed by atoms with Gasteiger partial charge in [0.05, 0.1) is 13.2 Å². The molecule has 0 spiro atoms. The molecular formula is C13H19ClO2. The minimum Gasteiger partial charge on any atom is -0.496 e. The van der Waals surface area contributed by atoms with Gasteiger partial charge in [-0.15, -0.1) is 0 Å². The SMILES string of the molecule is COc1ccc(Cl)cc1C(O)CC(C)(C)C. The van der Waals surface area contributed by atoms with Gasteiger partial charge in [-0.05, 0) is 30.0 Å². The van der Waals surface area contributed by atoms with Crippen molar-refractivity contribution in [2.24, 2.45) is 5.41 Å². The van der Waals surface area contributed by atoms with Crippen molar-refractivity contribution < 1.29 is 9.84 Å². The van der Waals surface area contributed by atoms with Crippen molar-refractivity contribution in [2.45, 2.75) is 33.3 Å². The summed E-state index contributed by atoms with van der Waals surface area (Å²) in [4.78, 5) is 0. The molecule has 2 nitrogen and oxygen atoms in total. The average molecular weight is 243 g/mol. The summed E-state index contributed by atoms with van der Waals surface area (Å²) in [7, 11) is 1.59. The highest BCUT2D eigenvalue weighted by molar-refractivity contribution is 6.30. The fourth-order valence-electron chi connectivity index (χ4n) is 1.66. The van der Waals surface area contributed by atoms with Crippen molar-refractivity contribution in [3.05, 3.63) is 28.8 Å². The summed E-state index contributed by atoms with van der Waals surface area (Å²) < 4.78 is 5.22. The summed E-state index contributed by atoms with van der Waals surface area (Å²) in [6.45, 7) is 6.27. The summed E-state index contributed by atoms with van der Waals surface area (Å²) in [5.74, 6) is 0.682.